The number of nitrogens with zero attached hydrogens (tertiary/aromatic N) is 1. The maximum atomic E-state index is 12.1. The third-order valence-corrected chi connectivity index (χ3v) is 4.17. The standard InChI is InChI=1S/C20H17ClN2O3/c1-13(16-8-4-6-14-5-2-3-7-17(14)16)23-19(24)12-26-20(25)15-9-10-22-18(21)11-15/h2-11,13H,12H2,1H3,(H,23,24). The minimum absolute atomic E-state index is 0.188. The number of pyridine rings is 1. The van der Waals surface area contributed by atoms with Crippen LogP contribution in [-0.4, -0.2) is 23.5 Å². The summed E-state index contributed by atoms with van der Waals surface area (Å²) in [4.78, 5) is 27.9. The first-order valence-corrected chi connectivity index (χ1v) is 8.48. The molecule has 0 saturated heterocycles. The van der Waals surface area contributed by atoms with Gasteiger partial charge in [-0.1, -0.05) is 54.1 Å². The predicted octanol–water partition coefficient (Wildman–Crippen LogP) is 3.92. The number of carbonyl (C=O) groups is 2. The quantitative estimate of drug-likeness (QED) is 0.547. The number of aromatic nitrogens is 1. The van der Waals surface area contributed by atoms with Crippen LogP contribution in [0.15, 0.2) is 60.8 Å². The Hall–Kier alpha value is -2.92. The summed E-state index contributed by atoms with van der Waals surface area (Å²) in [5, 5.41) is 5.22. The van der Waals surface area contributed by atoms with E-state index < -0.39 is 5.97 Å². The molecule has 1 atom stereocenters. The number of halogens is 1. The Kier molecular flexibility index (Phi) is 5.49. The summed E-state index contributed by atoms with van der Waals surface area (Å²) < 4.78 is 5.03. The molecule has 0 aliphatic carbocycles. The highest BCUT2D eigenvalue weighted by Crippen LogP contribution is 2.23. The number of hydrogen-bond acceptors (Lipinski definition) is 4. The molecule has 1 aromatic heterocycles. The summed E-state index contributed by atoms with van der Waals surface area (Å²) in [6, 6.07) is 16.6. The van der Waals surface area contributed by atoms with Gasteiger partial charge in [0.25, 0.3) is 5.91 Å². The minimum Gasteiger partial charge on any atom is -0.452 e. The van der Waals surface area contributed by atoms with Crippen LogP contribution in [0.1, 0.15) is 28.9 Å². The minimum atomic E-state index is -0.623. The molecule has 1 N–H and O–H groups in total. The van der Waals surface area contributed by atoms with Gasteiger partial charge in [0.1, 0.15) is 5.15 Å². The third-order valence-electron chi connectivity index (χ3n) is 3.96. The van der Waals surface area contributed by atoms with Crippen molar-refractivity contribution in [1.29, 1.82) is 0 Å². The van der Waals surface area contributed by atoms with Gasteiger partial charge >= 0.3 is 5.97 Å². The first-order chi connectivity index (χ1) is 12.5. The molecule has 1 heterocycles. The van der Waals surface area contributed by atoms with Crippen LogP contribution in [-0.2, 0) is 9.53 Å². The van der Waals surface area contributed by atoms with E-state index in [1.54, 1.807) is 0 Å². The van der Waals surface area contributed by atoms with E-state index in [0.29, 0.717) is 0 Å². The largest absolute Gasteiger partial charge is 0.452 e. The lowest BCUT2D eigenvalue weighted by Crippen LogP contribution is -2.31. The molecular formula is C20H17ClN2O3. The van der Waals surface area contributed by atoms with E-state index in [9.17, 15) is 9.59 Å². The van der Waals surface area contributed by atoms with Crippen molar-refractivity contribution in [2.75, 3.05) is 6.61 Å². The van der Waals surface area contributed by atoms with Crippen molar-refractivity contribution in [2.45, 2.75) is 13.0 Å². The highest BCUT2D eigenvalue weighted by Gasteiger charge is 2.15. The van der Waals surface area contributed by atoms with E-state index in [2.05, 4.69) is 10.3 Å². The fourth-order valence-electron chi connectivity index (χ4n) is 2.73. The number of amides is 1. The molecule has 0 aliphatic rings. The number of ether oxygens (including phenoxy) is 1. The normalized spacial score (nSPS) is 11.8. The number of hydrogen-bond donors (Lipinski definition) is 1. The van der Waals surface area contributed by atoms with E-state index >= 15 is 0 Å². The van der Waals surface area contributed by atoms with Gasteiger partial charge in [0.15, 0.2) is 6.61 Å². The first-order valence-electron chi connectivity index (χ1n) is 8.10. The molecule has 3 rings (SSSR count). The number of esters is 1. The predicted molar refractivity (Wildman–Crippen MR) is 100 cm³/mol. The molecule has 3 aromatic rings. The van der Waals surface area contributed by atoms with Crippen molar-refractivity contribution in [2.24, 2.45) is 0 Å². The van der Waals surface area contributed by atoms with Crippen molar-refractivity contribution in [1.82, 2.24) is 10.3 Å². The molecule has 0 spiro atoms. The van der Waals surface area contributed by atoms with Gasteiger partial charge in [-0.15, -0.1) is 0 Å². The first kappa shape index (κ1) is 17.9. The zero-order valence-electron chi connectivity index (χ0n) is 14.1. The molecule has 132 valence electrons. The fraction of sp³-hybridized carbons (Fsp3) is 0.150. The second kappa shape index (κ2) is 7.97. The van der Waals surface area contributed by atoms with Crippen LogP contribution in [0, 0.1) is 0 Å². The molecule has 26 heavy (non-hydrogen) atoms. The highest BCUT2D eigenvalue weighted by atomic mass is 35.5. The number of benzene rings is 2. The van der Waals surface area contributed by atoms with Crippen molar-refractivity contribution in [3.05, 3.63) is 77.1 Å². The van der Waals surface area contributed by atoms with Crippen molar-refractivity contribution in [3.63, 3.8) is 0 Å². The number of fused-ring (bicyclic) bond motifs is 1. The summed E-state index contributed by atoms with van der Waals surface area (Å²) >= 11 is 5.74. The Morgan fingerprint density at radius 3 is 2.73 bits per heavy atom. The van der Waals surface area contributed by atoms with E-state index in [1.807, 2.05) is 49.4 Å². The summed E-state index contributed by atoms with van der Waals surface area (Å²) in [6.45, 7) is 1.53. The summed E-state index contributed by atoms with van der Waals surface area (Å²) in [6.07, 6.45) is 1.40. The second-order valence-corrected chi connectivity index (χ2v) is 6.19. The molecule has 5 nitrogen and oxygen atoms in total. The van der Waals surface area contributed by atoms with Crippen molar-refractivity contribution < 1.29 is 14.3 Å². The van der Waals surface area contributed by atoms with Gasteiger partial charge in [-0.3, -0.25) is 4.79 Å². The highest BCUT2D eigenvalue weighted by molar-refractivity contribution is 6.29. The van der Waals surface area contributed by atoms with Crippen molar-refractivity contribution in [3.8, 4) is 0 Å². The van der Waals surface area contributed by atoms with Gasteiger partial charge in [0.05, 0.1) is 11.6 Å². The van der Waals surface area contributed by atoms with Crippen LogP contribution in [0.5, 0.6) is 0 Å². The van der Waals surface area contributed by atoms with Gasteiger partial charge < -0.3 is 10.1 Å². The lowest BCUT2D eigenvalue weighted by molar-refractivity contribution is -0.124. The summed E-state index contributed by atoms with van der Waals surface area (Å²) in [5.41, 5.74) is 1.25. The zero-order chi connectivity index (χ0) is 18.5. The average Bonchev–Trinajstić information content (AvgIpc) is 2.65. The van der Waals surface area contributed by atoms with Crippen LogP contribution in [0.25, 0.3) is 10.8 Å². The molecule has 0 aliphatic heterocycles. The molecule has 2 aromatic carbocycles. The molecule has 1 amide bonds. The molecule has 0 fully saturated rings. The van der Waals surface area contributed by atoms with Gasteiger partial charge in [-0.25, -0.2) is 9.78 Å². The molecule has 6 heteroatoms. The van der Waals surface area contributed by atoms with Gasteiger partial charge in [0, 0.05) is 6.20 Å². The number of nitrogens with one attached hydrogen (secondary N) is 1. The fourth-order valence-corrected chi connectivity index (χ4v) is 2.91. The summed E-state index contributed by atoms with van der Waals surface area (Å²) in [5.74, 6) is -0.999. The van der Waals surface area contributed by atoms with E-state index in [-0.39, 0.29) is 29.3 Å². The Labute approximate surface area is 156 Å². The molecule has 1 unspecified atom stereocenters. The monoisotopic (exact) mass is 368 g/mol. The Bertz CT molecular complexity index is 953. The average molecular weight is 369 g/mol. The van der Waals surface area contributed by atoms with Crippen LogP contribution < -0.4 is 5.32 Å². The number of rotatable bonds is 5. The zero-order valence-corrected chi connectivity index (χ0v) is 14.9. The van der Waals surface area contributed by atoms with Crippen LogP contribution in [0.3, 0.4) is 0 Å². The number of carbonyl (C=O) groups excluding carboxylic acids is 2. The maximum absolute atomic E-state index is 12.1. The maximum Gasteiger partial charge on any atom is 0.338 e. The lowest BCUT2D eigenvalue weighted by atomic mass is 10.00. The topological polar surface area (TPSA) is 68.3 Å². The molecule has 0 bridgehead atoms. The van der Waals surface area contributed by atoms with E-state index in [0.717, 1.165) is 16.3 Å². The van der Waals surface area contributed by atoms with Gasteiger partial charge in [0.2, 0.25) is 0 Å². The Morgan fingerprint density at radius 1 is 1.15 bits per heavy atom. The molecule has 0 saturated carbocycles. The molecular weight excluding hydrogens is 352 g/mol. The molecule has 0 radical (unpaired) electrons. The lowest BCUT2D eigenvalue weighted by Gasteiger charge is -2.16. The van der Waals surface area contributed by atoms with Crippen LogP contribution in [0.2, 0.25) is 5.15 Å². The van der Waals surface area contributed by atoms with E-state index in [1.165, 1.54) is 18.3 Å². The van der Waals surface area contributed by atoms with Crippen LogP contribution in [0.4, 0.5) is 0 Å². The smallest absolute Gasteiger partial charge is 0.338 e. The second-order valence-electron chi connectivity index (χ2n) is 5.80. The third kappa shape index (κ3) is 4.18. The van der Waals surface area contributed by atoms with Crippen molar-refractivity contribution >= 4 is 34.2 Å². The van der Waals surface area contributed by atoms with Gasteiger partial charge in [-0.05, 0) is 35.4 Å². The van der Waals surface area contributed by atoms with E-state index in [4.69, 9.17) is 16.3 Å². The SMILES string of the molecule is CC(NC(=O)COC(=O)c1ccnc(Cl)c1)c1cccc2ccccc12. The van der Waals surface area contributed by atoms with Crippen LogP contribution >= 0.6 is 11.6 Å². The Morgan fingerprint density at radius 2 is 1.92 bits per heavy atom. The van der Waals surface area contributed by atoms with Gasteiger partial charge in [-0.2, -0.15) is 0 Å². The Balaban J connectivity index is 1.61. The summed E-state index contributed by atoms with van der Waals surface area (Å²) in [7, 11) is 0.